The number of hydrogen-bond donors (Lipinski definition) is 5. The van der Waals surface area contributed by atoms with Gasteiger partial charge in [-0.25, -0.2) is 0 Å². The smallest absolute Gasteiger partial charge is 0.247 e. The molecule has 2 aliphatic rings. The van der Waals surface area contributed by atoms with Crippen molar-refractivity contribution in [3.63, 3.8) is 0 Å². The Hall–Kier alpha value is -4.11. The van der Waals surface area contributed by atoms with Crippen LogP contribution in [0.3, 0.4) is 0 Å². The first-order valence-corrected chi connectivity index (χ1v) is 15.2. The van der Waals surface area contributed by atoms with Crippen molar-refractivity contribution in [2.45, 2.75) is 84.7 Å². The van der Waals surface area contributed by atoms with Crippen LogP contribution in [0.5, 0.6) is 5.75 Å². The predicted molar refractivity (Wildman–Crippen MR) is 170 cm³/mol. The van der Waals surface area contributed by atoms with Gasteiger partial charge in [-0.3, -0.25) is 14.4 Å². The summed E-state index contributed by atoms with van der Waals surface area (Å²) in [5.74, 6) is -0.675. The molecule has 2 aliphatic heterocycles. The van der Waals surface area contributed by atoms with Crippen LogP contribution in [-0.4, -0.2) is 53.0 Å². The molecule has 2 bridgehead atoms. The van der Waals surface area contributed by atoms with Gasteiger partial charge in [0.15, 0.2) is 0 Å². The third kappa shape index (κ3) is 8.04. The molecular weight excluding hydrogens is 542 g/mol. The average molecular weight is 588 g/mol. The van der Waals surface area contributed by atoms with Crippen molar-refractivity contribution in [3.8, 4) is 5.75 Å². The van der Waals surface area contributed by atoms with Gasteiger partial charge in [0.2, 0.25) is 17.7 Å². The number of amides is 3. The van der Waals surface area contributed by atoms with Crippen LogP contribution < -0.4 is 26.0 Å². The van der Waals surface area contributed by atoms with E-state index in [0.717, 1.165) is 28.5 Å². The number of H-pyrrole nitrogens is 1. The predicted octanol–water partition coefficient (Wildman–Crippen LogP) is 4.30. The third-order valence-electron chi connectivity index (χ3n) is 7.96. The quantitative estimate of drug-likeness (QED) is 0.255. The summed E-state index contributed by atoms with van der Waals surface area (Å²) in [6, 6.07) is 12.8. The number of aromatic amines is 1. The van der Waals surface area contributed by atoms with E-state index >= 15 is 0 Å². The maximum Gasteiger partial charge on any atom is 0.247 e. The molecule has 5 atom stereocenters. The lowest BCUT2D eigenvalue weighted by atomic mass is 9.94. The highest BCUT2D eigenvalue weighted by Crippen LogP contribution is 2.23. The van der Waals surface area contributed by atoms with Crippen LogP contribution in [0.4, 0.5) is 0 Å². The van der Waals surface area contributed by atoms with Crippen molar-refractivity contribution in [1.29, 1.82) is 0 Å². The van der Waals surface area contributed by atoms with E-state index in [1.54, 1.807) is 12.3 Å². The first kappa shape index (κ1) is 31.8. The van der Waals surface area contributed by atoms with Gasteiger partial charge in [-0.1, -0.05) is 78.3 Å². The monoisotopic (exact) mass is 587 g/mol. The molecule has 5 unspecified atom stereocenters. The normalized spacial score (nSPS) is 21.5. The van der Waals surface area contributed by atoms with E-state index < -0.39 is 30.1 Å². The highest BCUT2D eigenvalue weighted by molar-refractivity contribution is 5.94. The Kier molecular flexibility index (Phi) is 10.6. The summed E-state index contributed by atoms with van der Waals surface area (Å²) >= 11 is 0. The number of nitrogens with one attached hydrogen (secondary N) is 5. The largest absolute Gasteiger partial charge is 0.487 e. The molecule has 0 aliphatic carbocycles. The highest BCUT2D eigenvalue weighted by atomic mass is 16.5. The van der Waals surface area contributed by atoms with E-state index in [1.807, 2.05) is 96.3 Å². The summed E-state index contributed by atoms with van der Waals surface area (Å²) in [4.78, 5) is 44.8. The average Bonchev–Trinajstić information content (AvgIpc) is 3.39. The lowest BCUT2D eigenvalue weighted by Crippen LogP contribution is -2.63. The molecule has 0 fully saturated rings. The molecule has 9 nitrogen and oxygen atoms in total. The molecular formula is C34H45N5O4. The minimum atomic E-state index is -1.07. The van der Waals surface area contributed by atoms with Crippen molar-refractivity contribution >= 4 is 34.7 Å². The molecule has 43 heavy (non-hydrogen) atoms. The Bertz CT molecular complexity index is 1430. The first-order valence-electron chi connectivity index (χ1n) is 15.2. The summed E-state index contributed by atoms with van der Waals surface area (Å²) in [6.45, 7) is 11.9. The fraction of sp³-hybridized carbons (Fsp3) is 0.441. The number of rotatable bonds is 9. The van der Waals surface area contributed by atoms with Gasteiger partial charge in [-0.05, 0) is 47.2 Å². The number of carbonyl (C=O) groups excluding carboxylic acids is 3. The third-order valence-corrected chi connectivity index (χ3v) is 7.96. The molecule has 230 valence electrons. The number of carbonyl (C=O) groups is 3. The summed E-state index contributed by atoms with van der Waals surface area (Å²) in [6.07, 6.45) is 5.55. The number of fused-ring (bicyclic) bond motifs is 11. The SMILES string of the molecule is CCC(C)C(NC(C)C)C(=O)NC1C(=O)NC(Cc2c[nH]c3ccccc23)C(=O)N/C=C\c2ccc(cc2)OC1C(C)C. The fourth-order valence-corrected chi connectivity index (χ4v) is 5.35. The molecule has 3 heterocycles. The van der Waals surface area contributed by atoms with Crippen LogP contribution in [0.2, 0.25) is 0 Å². The second kappa shape index (κ2) is 14.4. The van der Waals surface area contributed by atoms with Gasteiger partial charge < -0.3 is 31.0 Å². The molecule has 0 saturated carbocycles. The van der Waals surface area contributed by atoms with Gasteiger partial charge in [0.05, 0.1) is 6.04 Å². The number of benzene rings is 2. The standard InChI is InChI=1S/C34H45N5O4/c1-7-22(6)29(37-21(4)5)33(41)39-30-31(20(2)3)43-25-14-12-23(13-15-25)16-17-35-32(40)28(38-34(30)42)18-24-19-36-27-11-9-8-10-26(24)27/h8-17,19-22,28-31,36-37H,7,18H2,1-6H3,(H,35,40)(H,38,42)(H,39,41)/b17-16-. The highest BCUT2D eigenvalue weighted by Gasteiger charge is 2.38. The molecule has 3 aromatic rings. The summed E-state index contributed by atoms with van der Waals surface area (Å²) in [5, 5.41) is 13.2. The maximum absolute atomic E-state index is 14.2. The van der Waals surface area contributed by atoms with Crippen LogP contribution >= 0.6 is 0 Å². The van der Waals surface area contributed by atoms with E-state index in [4.69, 9.17) is 4.74 Å². The van der Waals surface area contributed by atoms with Crippen molar-refractivity contribution in [1.82, 2.24) is 26.3 Å². The number of ether oxygens (including phenoxy) is 1. The molecule has 1 aromatic heterocycles. The first-order chi connectivity index (χ1) is 20.6. The van der Waals surface area contributed by atoms with Crippen molar-refractivity contribution < 1.29 is 19.1 Å². The van der Waals surface area contributed by atoms with E-state index in [9.17, 15) is 14.4 Å². The van der Waals surface area contributed by atoms with E-state index in [2.05, 4.69) is 26.3 Å². The Morgan fingerprint density at radius 2 is 1.70 bits per heavy atom. The molecule has 0 radical (unpaired) electrons. The summed E-state index contributed by atoms with van der Waals surface area (Å²) < 4.78 is 6.41. The van der Waals surface area contributed by atoms with Crippen molar-refractivity contribution in [2.24, 2.45) is 11.8 Å². The lowest BCUT2D eigenvalue weighted by Gasteiger charge is -2.34. The van der Waals surface area contributed by atoms with E-state index in [0.29, 0.717) is 5.75 Å². The summed E-state index contributed by atoms with van der Waals surface area (Å²) in [5.41, 5.74) is 2.72. The van der Waals surface area contributed by atoms with Gasteiger partial charge in [0, 0.05) is 35.8 Å². The minimum Gasteiger partial charge on any atom is -0.487 e. The second-order valence-corrected chi connectivity index (χ2v) is 12.0. The van der Waals surface area contributed by atoms with Crippen LogP contribution in [-0.2, 0) is 20.8 Å². The van der Waals surface area contributed by atoms with Crippen molar-refractivity contribution in [2.75, 3.05) is 0 Å². The second-order valence-electron chi connectivity index (χ2n) is 12.0. The number of hydrogen-bond acceptors (Lipinski definition) is 5. The van der Waals surface area contributed by atoms with E-state index in [-0.39, 0.29) is 36.1 Å². The molecule has 5 N–H and O–H groups in total. The Morgan fingerprint density at radius 1 is 0.977 bits per heavy atom. The van der Waals surface area contributed by atoms with Gasteiger partial charge >= 0.3 is 0 Å². The zero-order valence-corrected chi connectivity index (χ0v) is 25.9. The van der Waals surface area contributed by atoms with Gasteiger partial charge in [-0.2, -0.15) is 0 Å². The molecule has 2 aromatic carbocycles. The van der Waals surface area contributed by atoms with E-state index in [1.165, 1.54) is 0 Å². The van der Waals surface area contributed by atoms with Crippen LogP contribution in [0.1, 0.15) is 59.1 Å². The van der Waals surface area contributed by atoms with Gasteiger partial charge in [-0.15, -0.1) is 0 Å². The maximum atomic E-state index is 14.2. The molecule has 0 spiro atoms. The minimum absolute atomic E-state index is 0.0297. The van der Waals surface area contributed by atoms with Crippen LogP contribution in [0, 0.1) is 11.8 Å². The number of para-hydroxylation sites is 1. The molecule has 5 rings (SSSR count). The Labute approximate surface area is 254 Å². The summed E-state index contributed by atoms with van der Waals surface area (Å²) in [7, 11) is 0. The molecule has 3 amide bonds. The van der Waals surface area contributed by atoms with Crippen molar-refractivity contribution in [3.05, 3.63) is 72.1 Å². The molecule has 0 saturated heterocycles. The molecule has 9 heteroatoms. The zero-order valence-electron chi connectivity index (χ0n) is 25.9. The van der Waals surface area contributed by atoms with Crippen LogP contribution in [0.25, 0.3) is 17.0 Å². The van der Waals surface area contributed by atoms with Crippen LogP contribution in [0.15, 0.2) is 60.9 Å². The lowest BCUT2D eigenvalue weighted by molar-refractivity contribution is -0.135. The number of aromatic nitrogens is 1. The Morgan fingerprint density at radius 3 is 2.37 bits per heavy atom. The van der Waals surface area contributed by atoms with Gasteiger partial charge in [0.25, 0.3) is 0 Å². The zero-order chi connectivity index (χ0) is 31.1. The topological polar surface area (TPSA) is 124 Å². The fourth-order valence-electron chi connectivity index (χ4n) is 5.35. The van der Waals surface area contributed by atoms with Gasteiger partial charge in [0.1, 0.15) is 23.9 Å². The Balaban J connectivity index is 1.73.